The molecule has 0 saturated heterocycles. The van der Waals surface area contributed by atoms with Crippen LogP contribution in [-0.2, 0) is 12.8 Å². The van der Waals surface area contributed by atoms with Crippen LogP contribution in [0, 0.1) is 6.92 Å². The van der Waals surface area contributed by atoms with Crippen molar-refractivity contribution >= 4 is 0 Å². The molecule has 114 valence electrons. The second kappa shape index (κ2) is 4.75. The number of aryl methyl sites for hydroxylation is 1. The SMILES string of the molecule is COc1cc2c3c(c1)-c1c(ccc(C)c1O)C[C@H]3N(C)CC2. The Kier molecular flexibility index (Phi) is 2.95. The number of phenols is 1. The maximum Gasteiger partial charge on any atom is 0.126 e. The quantitative estimate of drug-likeness (QED) is 0.874. The van der Waals surface area contributed by atoms with E-state index in [1.165, 1.54) is 16.7 Å². The summed E-state index contributed by atoms with van der Waals surface area (Å²) in [6, 6.07) is 8.83. The molecule has 0 saturated carbocycles. The normalized spacial score (nSPS) is 19.5. The van der Waals surface area contributed by atoms with Crippen LogP contribution in [0.4, 0.5) is 0 Å². The van der Waals surface area contributed by atoms with E-state index in [1.54, 1.807) is 7.11 Å². The topological polar surface area (TPSA) is 32.7 Å². The summed E-state index contributed by atoms with van der Waals surface area (Å²) < 4.78 is 5.50. The van der Waals surface area contributed by atoms with Gasteiger partial charge in [-0.3, -0.25) is 4.90 Å². The largest absolute Gasteiger partial charge is 0.507 e. The summed E-state index contributed by atoms with van der Waals surface area (Å²) in [5.74, 6) is 1.30. The minimum absolute atomic E-state index is 0.402. The first kappa shape index (κ1) is 13.6. The van der Waals surface area contributed by atoms with Gasteiger partial charge in [-0.05, 0) is 66.8 Å². The Bertz CT molecular complexity index is 767. The fourth-order valence-corrected chi connectivity index (χ4v) is 3.96. The highest BCUT2D eigenvalue weighted by atomic mass is 16.5. The number of likely N-dealkylation sites (N-methyl/N-ethyl adjacent to an activating group) is 1. The molecule has 0 amide bonds. The highest BCUT2D eigenvalue weighted by Crippen LogP contribution is 2.49. The van der Waals surface area contributed by atoms with E-state index in [9.17, 15) is 5.11 Å². The molecular weight excluding hydrogens is 274 g/mol. The molecule has 2 aromatic carbocycles. The lowest BCUT2D eigenvalue weighted by molar-refractivity contribution is 0.227. The predicted molar refractivity (Wildman–Crippen MR) is 87.6 cm³/mol. The monoisotopic (exact) mass is 295 g/mol. The van der Waals surface area contributed by atoms with Crippen molar-refractivity contribution in [1.82, 2.24) is 4.90 Å². The number of benzene rings is 2. The number of rotatable bonds is 1. The molecule has 0 radical (unpaired) electrons. The van der Waals surface area contributed by atoms with Crippen molar-refractivity contribution in [2.24, 2.45) is 0 Å². The van der Waals surface area contributed by atoms with Crippen LogP contribution in [0.5, 0.6) is 11.5 Å². The van der Waals surface area contributed by atoms with E-state index in [-0.39, 0.29) is 0 Å². The highest BCUT2D eigenvalue weighted by Gasteiger charge is 2.34. The van der Waals surface area contributed by atoms with Crippen molar-refractivity contribution < 1.29 is 9.84 Å². The number of hydrogen-bond acceptors (Lipinski definition) is 3. The Morgan fingerprint density at radius 1 is 1.23 bits per heavy atom. The van der Waals surface area contributed by atoms with Gasteiger partial charge in [0.15, 0.2) is 0 Å². The molecule has 0 fully saturated rings. The summed E-state index contributed by atoms with van der Waals surface area (Å²) >= 11 is 0. The molecule has 4 rings (SSSR count). The minimum atomic E-state index is 0.402. The summed E-state index contributed by atoms with van der Waals surface area (Å²) in [5.41, 5.74) is 7.05. The number of aromatic hydroxyl groups is 1. The molecule has 1 N–H and O–H groups in total. The van der Waals surface area contributed by atoms with Crippen LogP contribution in [0.2, 0.25) is 0 Å². The molecule has 0 unspecified atom stereocenters. The summed E-state index contributed by atoms with van der Waals surface area (Å²) in [4.78, 5) is 2.43. The van der Waals surface area contributed by atoms with Gasteiger partial charge in [-0.25, -0.2) is 0 Å². The van der Waals surface area contributed by atoms with Crippen molar-refractivity contribution in [2.75, 3.05) is 20.7 Å². The first-order valence-electron chi connectivity index (χ1n) is 7.83. The van der Waals surface area contributed by atoms with Gasteiger partial charge in [0, 0.05) is 18.2 Å². The van der Waals surface area contributed by atoms with Crippen molar-refractivity contribution in [3.05, 3.63) is 46.5 Å². The van der Waals surface area contributed by atoms with Gasteiger partial charge in [0.1, 0.15) is 11.5 Å². The van der Waals surface area contributed by atoms with Gasteiger partial charge in [-0.2, -0.15) is 0 Å². The molecule has 2 aliphatic rings. The van der Waals surface area contributed by atoms with Gasteiger partial charge in [0.25, 0.3) is 0 Å². The van der Waals surface area contributed by atoms with E-state index in [0.717, 1.165) is 41.8 Å². The maximum absolute atomic E-state index is 10.6. The zero-order chi connectivity index (χ0) is 15.4. The van der Waals surface area contributed by atoms with Gasteiger partial charge in [-0.15, -0.1) is 0 Å². The van der Waals surface area contributed by atoms with Crippen molar-refractivity contribution in [3.8, 4) is 22.6 Å². The molecule has 22 heavy (non-hydrogen) atoms. The van der Waals surface area contributed by atoms with Gasteiger partial charge in [0.2, 0.25) is 0 Å². The third-order valence-corrected chi connectivity index (χ3v) is 5.22. The summed E-state index contributed by atoms with van der Waals surface area (Å²) in [7, 11) is 3.90. The number of methoxy groups -OCH3 is 1. The maximum atomic E-state index is 10.6. The Hall–Kier alpha value is -2.00. The summed E-state index contributed by atoms with van der Waals surface area (Å²) in [6.45, 7) is 3.03. The average molecular weight is 295 g/mol. The smallest absolute Gasteiger partial charge is 0.126 e. The fraction of sp³-hybridized carbons (Fsp3) is 0.368. The Morgan fingerprint density at radius 2 is 2.05 bits per heavy atom. The van der Waals surface area contributed by atoms with E-state index < -0.39 is 0 Å². The van der Waals surface area contributed by atoms with Crippen LogP contribution < -0.4 is 4.74 Å². The number of hydrogen-bond donors (Lipinski definition) is 1. The lowest BCUT2D eigenvalue weighted by Crippen LogP contribution is -2.35. The molecule has 1 atom stereocenters. The minimum Gasteiger partial charge on any atom is -0.507 e. The second-order valence-corrected chi connectivity index (χ2v) is 6.46. The van der Waals surface area contributed by atoms with E-state index in [1.807, 2.05) is 13.0 Å². The molecule has 0 aromatic heterocycles. The summed E-state index contributed by atoms with van der Waals surface area (Å²) in [6.07, 6.45) is 2.00. The number of ether oxygens (including phenoxy) is 1. The van der Waals surface area contributed by atoms with Crippen LogP contribution in [0.3, 0.4) is 0 Å². The Balaban J connectivity index is 2.06. The molecule has 0 spiro atoms. The van der Waals surface area contributed by atoms with E-state index in [4.69, 9.17) is 4.74 Å². The Morgan fingerprint density at radius 3 is 2.82 bits per heavy atom. The molecular formula is C19H21NO2. The van der Waals surface area contributed by atoms with Gasteiger partial charge >= 0.3 is 0 Å². The first-order valence-corrected chi connectivity index (χ1v) is 7.83. The van der Waals surface area contributed by atoms with Gasteiger partial charge in [-0.1, -0.05) is 12.1 Å². The molecule has 0 bridgehead atoms. The third kappa shape index (κ3) is 1.78. The second-order valence-electron chi connectivity index (χ2n) is 6.46. The lowest BCUT2D eigenvalue weighted by Gasteiger charge is -2.40. The van der Waals surface area contributed by atoms with E-state index >= 15 is 0 Å². The van der Waals surface area contributed by atoms with Gasteiger partial charge < -0.3 is 9.84 Å². The van der Waals surface area contributed by atoms with Crippen molar-refractivity contribution in [2.45, 2.75) is 25.8 Å². The van der Waals surface area contributed by atoms with Crippen LogP contribution in [0.1, 0.15) is 28.3 Å². The van der Waals surface area contributed by atoms with Crippen LogP contribution in [-0.4, -0.2) is 30.7 Å². The summed E-state index contributed by atoms with van der Waals surface area (Å²) in [5, 5.41) is 10.6. The zero-order valence-corrected chi connectivity index (χ0v) is 13.3. The van der Waals surface area contributed by atoms with Crippen LogP contribution in [0.15, 0.2) is 24.3 Å². The molecule has 3 heteroatoms. The number of fused-ring (bicyclic) bond motifs is 2. The third-order valence-electron chi connectivity index (χ3n) is 5.22. The molecule has 1 aliphatic heterocycles. The van der Waals surface area contributed by atoms with E-state index in [2.05, 4.69) is 30.1 Å². The van der Waals surface area contributed by atoms with Gasteiger partial charge in [0.05, 0.1) is 7.11 Å². The van der Waals surface area contributed by atoms with Crippen molar-refractivity contribution in [1.29, 1.82) is 0 Å². The molecule has 1 heterocycles. The standard InChI is InChI=1S/C19H21NO2/c1-11-4-5-12-9-16-17-13(6-7-20(16)2)8-14(22-3)10-15(17)18(12)19(11)21/h4-5,8,10,16,21H,6-7,9H2,1-3H3/t16-/m1/s1. The number of nitrogens with zero attached hydrogens (tertiary/aromatic N) is 1. The molecule has 2 aromatic rings. The van der Waals surface area contributed by atoms with Crippen LogP contribution in [0.25, 0.3) is 11.1 Å². The molecule has 1 aliphatic carbocycles. The highest BCUT2D eigenvalue weighted by molar-refractivity contribution is 5.82. The first-order chi connectivity index (χ1) is 10.6. The van der Waals surface area contributed by atoms with E-state index in [0.29, 0.717) is 11.8 Å². The fourth-order valence-electron chi connectivity index (χ4n) is 3.96. The zero-order valence-electron chi connectivity index (χ0n) is 13.3. The predicted octanol–water partition coefficient (Wildman–Crippen LogP) is 3.46. The number of phenolic OH excluding ortho intramolecular Hbond substituents is 1. The lowest BCUT2D eigenvalue weighted by atomic mass is 9.76. The molecule has 3 nitrogen and oxygen atoms in total. The van der Waals surface area contributed by atoms with Crippen molar-refractivity contribution in [3.63, 3.8) is 0 Å². The average Bonchev–Trinajstić information content (AvgIpc) is 2.53. The Labute approximate surface area is 131 Å². The van der Waals surface area contributed by atoms with Crippen LogP contribution >= 0.6 is 0 Å².